The maximum absolute atomic E-state index is 13.0. The number of piperazine rings is 1. The van der Waals surface area contributed by atoms with E-state index in [1.165, 1.54) is 31.5 Å². The highest BCUT2D eigenvalue weighted by Crippen LogP contribution is 2.31. The molecule has 1 saturated carbocycles. The Morgan fingerprint density at radius 3 is 2.29 bits per heavy atom. The highest BCUT2D eigenvalue weighted by atomic mass is 19.4. The second-order valence-corrected chi connectivity index (χ2v) is 9.32. The number of rotatable bonds is 6. The van der Waals surface area contributed by atoms with Gasteiger partial charge in [-0.05, 0) is 57.0 Å². The molecule has 2 saturated heterocycles. The molecule has 0 spiro atoms. The van der Waals surface area contributed by atoms with E-state index in [0.29, 0.717) is 19.1 Å². The summed E-state index contributed by atoms with van der Waals surface area (Å²) in [5.41, 5.74) is 0.0991. The average molecular weight is 439 g/mol. The molecular formula is C23H33F3N4O. The lowest BCUT2D eigenvalue weighted by Gasteiger charge is -2.42. The van der Waals surface area contributed by atoms with Crippen LogP contribution in [0.5, 0.6) is 0 Å². The number of benzene rings is 1. The SMILES string of the molecule is CN1CCCC(N2CCN(CC(=O)N(Cc3ccc(C(F)(F)F)cc3)C3CC3)CC2)C1. The van der Waals surface area contributed by atoms with Crippen LogP contribution in [0.2, 0.25) is 0 Å². The van der Waals surface area contributed by atoms with Crippen molar-refractivity contribution in [1.82, 2.24) is 19.6 Å². The van der Waals surface area contributed by atoms with Crippen molar-refractivity contribution in [2.45, 2.75) is 50.5 Å². The van der Waals surface area contributed by atoms with Crippen molar-refractivity contribution in [3.8, 4) is 0 Å². The highest BCUT2D eigenvalue weighted by molar-refractivity contribution is 5.79. The zero-order valence-corrected chi connectivity index (χ0v) is 18.3. The van der Waals surface area contributed by atoms with Crippen molar-refractivity contribution in [2.24, 2.45) is 0 Å². The van der Waals surface area contributed by atoms with Gasteiger partial charge in [0.2, 0.25) is 5.91 Å². The maximum atomic E-state index is 13.0. The number of amides is 1. The van der Waals surface area contributed by atoms with Crippen LogP contribution >= 0.6 is 0 Å². The first-order valence-electron chi connectivity index (χ1n) is 11.4. The second kappa shape index (κ2) is 9.46. The van der Waals surface area contributed by atoms with Gasteiger partial charge in [0, 0.05) is 51.4 Å². The Hall–Kier alpha value is -1.64. The summed E-state index contributed by atoms with van der Waals surface area (Å²) in [5.74, 6) is 0.0910. The lowest BCUT2D eigenvalue weighted by atomic mass is 10.0. The van der Waals surface area contributed by atoms with Crippen molar-refractivity contribution in [3.05, 3.63) is 35.4 Å². The lowest BCUT2D eigenvalue weighted by molar-refractivity contribution is -0.138. The van der Waals surface area contributed by atoms with Gasteiger partial charge in [0.1, 0.15) is 0 Å². The first-order valence-corrected chi connectivity index (χ1v) is 11.4. The molecule has 1 atom stereocenters. The smallest absolute Gasteiger partial charge is 0.334 e. The van der Waals surface area contributed by atoms with E-state index < -0.39 is 11.7 Å². The Bertz CT molecular complexity index is 742. The fourth-order valence-corrected chi connectivity index (χ4v) is 4.81. The van der Waals surface area contributed by atoms with E-state index in [9.17, 15) is 18.0 Å². The second-order valence-electron chi connectivity index (χ2n) is 9.32. The van der Waals surface area contributed by atoms with Crippen LogP contribution in [0.1, 0.15) is 36.8 Å². The molecule has 3 fully saturated rings. The van der Waals surface area contributed by atoms with Crippen molar-refractivity contribution in [1.29, 1.82) is 0 Å². The van der Waals surface area contributed by atoms with Crippen LogP contribution in [-0.4, -0.2) is 90.5 Å². The van der Waals surface area contributed by atoms with Gasteiger partial charge in [-0.15, -0.1) is 0 Å². The first kappa shape index (κ1) is 22.6. The summed E-state index contributed by atoms with van der Waals surface area (Å²) in [4.78, 5) is 22.1. The first-order chi connectivity index (χ1) is 14.8. The molecule has 1 aliphatic carbocycles. The van der Waals surface area contributed by atoms with E-state index in [4.69, 9.17) is 0 Å². The molecule has 0 bridgehead atoms. The van der Waals surface area contributed by atoms with Crippen molar-refractivity contribution in [2.75, 3.05) is 52.9 Å². The number of likely N-dealkylation sites (N-methyl/N-ethyl adjacent to an activating group) is 1. The minimum atomic E-state index is -4.33. The molecule has 1 amide bonds. The van der Waals surface area contributed by atoms with Crippen LogP contribution in [0.3, 0.4) is 0 Å². The minimum absolute atomic E-state index is 0.0910. The van der Waals surface area contributed by atoms with E-state index in [1.807, 2.05) is 4.90 Å². The minimum Gasteiger partial charge on any atom is -0.334 e. The third kappa shape index (κ3) is 5.99. The number of carbonyl (C=O) groups excluding carboxylic acids is 1. The monoisotopic (exact) mass is 438 g/mol. The lowest BCUT2D eigenvalue weighted by Crippen LogP contribution is -2.55. The molecule has 4 rings (SSSR count). The van der Waals surface area contributed by atoms with Crippen LogP contribution < -0.4 is 0 Å². The van der Waals surface area contributed by atoms with Gasteiger partial charge in [0.05, 0.1) is 12.1 Å². The van der Waals surface area contributed by atoms with Crippen LogP contribution in [0.25, 0.3) is 0 Å². The number of carbonyl (C=O) groups is 1. The molecule has 8 heteroatoms. The van der Waals surface area contributed by atoms with Gasteiger partial charge >= 0.3 is 6.18 Å². The van der Waals surface area contributed by atoms with Gasteiger partial charge < -0.3 is 9.80 Å². The zero-order valence-electron chi connectivity index (χ0n) is 18.3. The molecule has 1 unspecified atom stereocenters. The van der Waals surface area contributed by atoms with Gasteiger partial charge in [-0.1, -0.05) is 12.1 Å². The molecule has 0 N–H and O–H groups in total. The quantitative estimate of drug-likeness (QED) is 0.683. The van der Waals surface area contributed by atoms with Gasteiger partial charge in [-0.25, -0.2) is 0 Å². The number of halogens is 3. The summed E-state index contributed by atoms with van der Waals surface area (Å²) in [6.45, 7) is 6.87. The van der Waals surface area contributed by atoms with Crippen molar-refractivity contribution < 1.29 is 18.0 Å². The fourth-order valence-electron chi connectivity index (χ4n) is 4.81. The number of piperidine rings is 1. The van der Waals surface area contributed by atoms with E-state index in [1.54, 1.807) is 0 Å². The molecule has 3 aliphatic rings. The topological polar surface area (TPSA) is 30.0 Å². The molecule has 0 aromatic heterocycles. The summed E-state index contributed by atoms with van der Waals surface area (Å²) in [6, 6.07) is 6.05. The Kier molecular flexibility index (Phi) is 6.89. The third-order valence-corrected chi connectivity index (χ3v) is 6.82. The summed E-state index contributed by atoms with van der Waals surface area (Å²) in [6.07, 6.45) is 0.135. The van der Waals surface area contributed by atoms with Crippen molar-refractivity contribution in [3.63, 3.8) is 0 Å². The van der Waals surface area contributed by atoms with Gasteiger partial charge in [0.15, 0.2) is 0 Å². The number of hydrogen-bond acceptors (Lipinski definition) is 4. The largest absolute Gasteiger partial charge is 0.416 e. The van der Waals surface area contributed by atoms with Crippen LogP contribution in [0.4, 0.5) is 13.2 Å². The molecule has 31 heavy (non-hydrogen) atoms. The van der Waals surface area contributed by atoms with E-state index >= 15 is 0 Å². The average Bonchev–Trinajstić information content (AvgIpc) is 3.57. The fraction of sp³-hybridized carbons (Fsp3) is 0.696. The normalized spacial score (nSPS) is 24.3. The van der Waals surface area contributed by atoms with Gasteiger partial charge in [0.25, 0.3) is 0 Å². The molecule has 2 aliphatic heterocycles. The number of hydrogen-bond donors (Lipinski definition) is 0. The van der Waals surface area contributed by atoms with Crippen LogP contribution in [0, 0.1) is 0 Å². The predicted octanol–water partition coefficient (Wildman–Crippen LogP) is 2.91. The molecular weight excluding hydrogens is 405 g/mol. The van der Waals surface area contributed by atoms with Gasteiger partial charge in [-0.2, -0.15) is 13.2 Å². The number of nitrogens with zero attached hydrogens (tertiary/aromatic N) is 4. The number of alkyl halides is 3. The Morgan fingerprint density at radius 2 is 1.71 bits per heavy atom. The summed E-state index contributed by atoms with van der Waals surface area (Å²) in [5, 5.41) is 0. The Labute approximate surface area is 182 Å². The predicted molar refractivity (Wildman–Crippen MR) is 114 cm³/mol. The molecule has 2 heterocycles. The summed E-state index contributed by atoms with van der Waals surface area (Å²) < 4.78 is 38.4. The highest BCUT2D eigenvalue weighted by Gasteiger charge is 2.35. The Balaban J connectivity index is 1.28. The molecule has 0 radical (unpaired) electrons. The standard InChI is InChI=1S/C23H33F3N4O/c1-27-10-2-3-21(16-27)29-13-11-28(12-14-29)17-22(31)30(20-8-9-20)15-18-4-6-19(7-5-18)23(24,25)26/h4-7,20-21H,2-3,8-17H2,1H3. The van der Waals surface area contributed by atoms with Crippen LogP contribution in [-0.2, 0) is 17.5 Å². The summed E-state index contributed by atoms with van der Waals surface area (Å²) >= 11 is 0. The van der Waals surface area contributed by atoms with Crippen molar-refractivity contribution >= 4 is 5.91 Å². The summed E-state index contributed by atoms with van der Waals surface area (Å²) in [7, 11) is 2.18. The molecule has 1 aromatic carbocycles. The zero-order chi connectivity index (χ0) is 22.0. The van der Waals surface area contributed by atoms with Crippen LogP contribution in [0.15, 0.2) is 24.3 Å². The third-order valence-electron chi connectivity index (χ3n) is 6.82. The molecule has 172 valence electrons. The number of likely N-dealkylation sites (tertiary alicyclic amines) is 1. The van der Waals surface area contributed by atoms with E-state index in [0.717, 1.165) is 63.3 Å². The Morgan fingerprint density at radius 1 is 1.03 bits per heavy atom. The maximum Gasteiger partial charge on any atom is 0.416 e. The van der Waals surface area contributed by atoms with E-state index in [-0.39, 0.29) is 11.9 Å². The van der Waals surface area contributed by atoms with E-state index in [2.05, 4.69) is 21.7 Å². The molecule has 5 nitrogen and oxygen atoms in total. The van der Waals surface area contributed by atoms with Gasteiger partial charge in [-0.3, -0.25) is 14.6 Å². The molecule has 1 aromatic rings.